The van der Waals surface area contributed by atoms with E-state index in [2.05, 4.69) is 13.8 Å². The molecular weight excluding hydrogens is 392 g/mol. The number of hydrogen-bond acceptors (Lipinski definition) is 5. The van der Waals surface area contributed by atoms with Crippen LogP contribution in [0.2, 0.25) is 0 Å². The van der Waals surface area contributed by atoms with Crippen LogP contribution in [0.3, 0.4) is 0 Å². The summed E-state index contributed by atoms with van der Waals surface area (Å²) in [6, 6.07) is 3.53. The standard InChI is InChI=1S/C26H36O5/c1-15-11-17-13-23(2)19(16-6-10-31-21(28)12-16)5-9-26(23,30)20-4-7-24(29)14-18(27)3-8-25(15,24)22(17)20/h6,10,12,15,17-20,22,27,29-30H,3-5,7-9,11,13-14H2,1-2H3/t15-,17+,18-,19+,20?,22?,23+,24-,25-,26-/m0/s1. The average Bonchev–Trinajstić information content (AvgIpc) is 3.14. The minimum absolute atomic E-state index is 0.156. The smallest absolute Gasteiger partial charge is 0.335 e. The van der Waals surface area contributed by atoms with Gasteiger partial charge in [0, 0.05) is 23.3 Å². The third kappa shape index (κ3) is 2.31. The molecule has 0 radical (unpaired) electrons. The molecule has 5 aliphatic carbocycles. The van der Waals surface area contributed by atoms with Crippen molar-refractivity contribution in [2.45, 2.75) is 94.9 Å². The average molecular weight is 429 g/mol. The lowest BCUT2D eigenvalue weighted by molar-refractivity contribution is -0.263. The van der Waals surface area contributed by atoms with Crippen LogP contribution in [0.25, 0.3) is 0 Å². The number of rotatable bonds is 1. The van der Waals surface area contributed by atoms with Crippen LogP contribution < -0.4 is 5.63 Å². The molecule has 3 N–H and O–H groups in total. The van der Waals surface area contributed by atoms with Crippen LogP contribution in [0.1, 0.15) is 83.1 Å². The molecule has 31 heavy (non-hydrogen) atoms. The molecule has 0 amide bonds. The van der Waals surface area contributed by atoms with Gasteiger partial charge in [-0.2, -0.15) is 0 Å². The third-order valence-electron chi connectivity index (χ3n) is 11.3. The maximum atomic E-state index is 12.4. The molecule has 5 nitrogen and oxygen atoms in total. The van der Waals surface area contributed by atoms with Gasteiger partial charge in [0.2, 0.25) is 0 Å². The second-order valence-electron chi connectivity index (χ2n) is 12.1. The first-order valence-corrected chi connectivity index (χ1v) is 12.4. The number of fused-ring (bicyclic) bond motifs is 2. The van der Waals surface area contributed by atoms with E-state index in [-0.39, 0.29) is 28.3 Å². The summed E-state index contributed by atoms with van der Waals surface area (Å²) in [5.41, 5.74) is -1.35. The molecule has 1 heterocycles. The van der Waals surface area contributed by atoms with Gasteiger partial charge >= 0.3 is 5.63 Å². The summed E-state index contributed by atoms with van der Waals surface area (Å²) in [5.74, 6) is 1.54. The van der Waals surface area contributed by atoms with Crippen molar-refractivity contribution in [2.75, 3.05) is 0 Å². The molecule has 5 saturated carbocycles. The Balaban J connectivity index is 1.45. The first kappa shape index (κ1) is 20.4. The molecule has 1 aromatic heterocycles. The minimum Gasteiger partial charge on any atom is -0.431 e. The van der Waals surface area contributed by atoms with Gasteiger partial charge in [0.25, 0.3) is 0 Å². The van der Waals surface area contributed by atoms with Crippen molar-refractivity contribution in [1.29, 1.82) is 0 Å². The Kier molecular flexibility index (Phi) is 4.11. The zero-order valence-corrected chi connectivity index (χ0v) is 18.7. The molecule has 2 unspecified atom stereocenters. The fourth-order valence-electron chi connectivity index (χ4n) is 10.3. The van der Waals surface area contributed by atoms with Gasteiger partial charge in [0.15, 0.2) is 0 Å². The maximum Gasteiger partial charge on any atom is 0.335 e. The summed E-state index contributed by atoms with van der Waals surface area (Å²) >= 11 is 0. The molecule has 6 rings (SSSR count). The van der Waals surface area contributed by atoms with Crippen LogP contribution in [0, 0.1) is 34.5 Å². The maximum absolute atomic E-state index is 12.4. The van der Waals surface area contributed by atoms with Crippen molar-refractivity contribution < 1.29 is 19.7 Å². The molecule has 10 atom stereocenters. The van der Waals surface area contributed by atoms with Gasteiger partial charge in [-0.1, -0.05) is 13.8 Å². The van der Waals surface area contributed by atoms with E-state index in [1.807, 2.05) is 6.07 Å². The van der Waals surface area contributed by atoms with Gasteiger partial charge in [-0.25, -0.2) is 4.79 Å². The van der Waals surface area contributed by atoms with Gasteiger partial charge in [0.05, 0.1) is 23.6 Å². The molecule has 5 aliphatic rings. The molecule has 0 saturated heterocycles. The molecule has 170 valence electrons. The van der Waals surface area contributed by atoms with Crippen LogP contribution in [0.4, 0.5) is 0 Å². The summed E-state index contributed by atoms with van der Waals surface area (Å²) in [4.78, 5) is 11.9. The van der Waals surface area contributed by atoms with Gasteiger partial charge < -0.3 is 19.7 Å². The Hall–Kier alpha value is -1.17. The SMILES string of the molecule is C[C@H]1C[C@@H]2C[C@]3(C)[C@@H](c4ccoc(=O)c4)CC[C@]3(O)C3CC[C@]4(O)C[C@@H](O)CC[C@@]14C32. The normalized spacial score (nSPS) is 55.4. The fourth-order valence-corrected chi connectivity index (χ4v) is 10.3. The Bertz CT molecular complexity index is 957. The number of aliphatic hydroxyl groups is 3. The van der Waals surface area contributed by atoms with Crippen molar-refractivity contribution >= 4 is 0 Å². The monoisotopic (exact) mass is 428 g/mol. The lowest BCUT2D eigenvalue weighted by Crippen LogP contribution is -2.68. The Morgan fingerprint density at radius 3 is 2.68 bits per heavy atom. The second kappa shape index (κ2) is 6.24. The van der Waals surface area contributed by atoms with E-state index in [0.717, 1.165) is 50.5 Å². The van der Waals surface area contributed by atoms with Crippen LogP contribution in [-0.2, 0) is 0 Å². The van der Waals surface area contributed by atoms with E-state index < -0.39 is 17.3 Å². The number of aliphatic hydroxyl groups excluding tert-OH is 1. The van der Waals surface area contributed by atoms with Crippen molar-refractivity contribution in [3.8, 4) is 0 Å². The third-order valence-corrected chi connectivity index (χ3v) is 11.3. The molecule has 1 spiro atoms. The quantitative estimate of drug-likeness (QED) is 0.636. The van der Waals surface area contributed by atoms with E-state index in [1.165, 1.54) is 6.26 Å². The molecule has 5 fully saturated rings. The predicted octanol–water partition coefficient (Wildman–Crippen LogP) is 3.60. The molecule has 0 bridgehead atoms. The summed E-state index contributed by atoms with van der Waals surface area (Å²) in [6.07, 6.45) is 8.41. The van der Waals surface area contributed by atoms with Gasteiger partial charge in [-0.05, 0) is 92.6 Å². The van der Waals surface area contributed by atoms with Crippen molar-refractivity contribution in [1.82, 2.24) is 0 Å². The van der Waals surface area contributed by atoms with E-state index in [0.29, 0.717) is 30.6 Å². The second-order valence-corrected chi connectivity index (χ2v) is 12.1. The van der Waals surface area contributed by atoms with E-state index >= 15 is 0 Å². The van der Waals surface area contributed by atoms with E-state index in [4.69, 9.17) is 4.42 Å². The molecule has 5 heteroatoms. The lowest BCUT2D eigenvalue weighted by atomic mass is 9.41. The molecule has 0 aromatic carbocycles. The highest BCUT2D eigenvalue weighted by Crippen LogP contribution is 2.77. The largest absolute Gasteiger partial charge is 0.431 e. The summed E-state index contributed by atoms with van der Waals surface area (Å²) in [5, 5.41) is 34.7. The summed E-state index contributed by atoms with van der Waals surface area (Å²) < 4.78 is 4.98. The van der Waals surface area contributed by atoms with Gasteiger partial charge in [0.1, 0.15) is 0 Å². The highest BCUT2D eigenvalue weighted by atomic mass is 16.4. The Labute approximate surface area is 183 Å². The number of hydrogen-bond donors (Lipinski definition) is 3. The first-order valence-electron chi connectivity index (χ1n) is 12.4. The summed E-state index contributed by atoms with van der Waals surface area (Å²) in [7, 11) is 0. The summed E-state index contributed by atoms with van der Waals surface area (Å²) in [6.45, 7) is 4.57. The molecule has 1 aromatic rings. The van der Waals surface area contributed by atoms with Crippen molar-refractivity contribution in [3.63, 3.8) is 0 Å². The zero-order chi connectivity index (χ0) is 21.8. The Morgan fingerprint density at radius 1 is 1.10 bits per heavy atom. The van der Waals surface area contributed by atoms with Gasteiger partial charge in [-0.15, -0.1) is 0 Å². The lowest BCUT2D eigenvalue weighted by Gasteiger charge is -2.66. The molecular formula is C26H36O5. The first-order chi connectivity index (χ1) is 14.6. The molecule has 0 aliphatic heterocycles. The van der Waals surface area contributed by atoms with Crippen LogP contribution in [0.5, 0.6) is 0 Å². The Morgan fingerprint density at radius 2 is 1.90 bits per heavy atom. The van der Waals surface area contributed by atoms with E-state index in [1.54, 1.807) is 6.07 Å². The fraction of sp³-hybridized carbons (Fsp3) is 0.808. The highest BCUT2D eigenvalue weighted by Gasteiger charge is 2.76. The van der Waals surface area contributed by atoms with Crippen molar-refractivity contribution in [2.24, 2.45) is 34.5 Å². The van der Waals surface area contributed by atoms with Crippen LogP contribution >= 0.6 is 0 Å². The predicted molar refractivity (Wildman–Crippen MR) is 115 cm³/mol. The van der Waals surface area contributed by atoms with Crippen LogP contribution in [-0.4, -0.2) is 32.6 Å². The van der Waals surface area contributed by atoms with Gasteiger partial charge in [-0.3, -0.25) is 0 Å². The van der Waals surface area contributed by atoms with Crippen LogP contribution in [0.15, 0.2) is 27.6 Å². The zero-order valence-electron chi connectivity index (χ0n) is 18.7. The minimum atomic E-state index is -0.805. The highest BCUT2D eigenvalue weighted by molar-refractivity contribution is 5.31. The van der Waals surface area contributed by atoms with Crippen molar-refractivity contribution in [3.05, 3.63) is 34.4 Å². The topological polar surface area (TPSA) is 90.9 Å². The van der Waals surface area contributed by atoms with E-state index in [9.17, 15) is 20.1 Å².